The van der Waals surface area contributed by atoms with Crippen molar-refractivity contribution in [1.82, 2.24) is 10.2 Å². The van der Waals surface area contributed by atoms with Crippen LogP contribution in [0.25, 0.3) is 0 Å². The minimum absolute atomic E-state index is 0.699. The topological polar surface area (TPSA) is 24.5 Å². The lowest BCUT2D eigenvalue weighted by Gasteiger charge is -2.37. The Morgan fingerprint density at radius 3 is 2.35 bits per heavy atom. The van der Waals surface area contributed by atoms with Gasteiger partial charge in [-0.3, -0.25) is 4.90 Å². The lowest BCUT2D eigenvalue weighted by Crippen LogP contribution is -2.56. The standard InChI is InChI=1S/C14H22N2O/c1-3-16(14-8-15-9-14)10-12-4-6-13(7-5-12)11-17-2/h4-7,14-15H,3,8-11H2,1-2H3. The van der Waals surface area contributed by atoms with Crippen LogP contribution >= 0.6 is 0 Å². The van der Waals surface area contributed by atoms with Gasteiger partial charge in [0.15, 0.2) is 0 Å². The highest BCUT2D eigenvalue weighted by molar-refractivity contribution is 5.22. The quantitative estimate of drug-likeness (QED) is 0.809. The molecule has 1 fully saturated rings. The molecule has 0 atom stereocenters. The molecule has 3 nitrogen and oxygen atoms in total. The summed E-state index contributed by atoms with van der Waals surface area (Å²) in [5.41, 5.74) is 2.63. The molecule has 17 heavy (non-hydrogen) atoms. The molecule has 0 unspecified atom stereocenters. The first-order valence-electron chi connectivity index (χ1n) is 6.35. The zero-order chi connectivity index (χ0) is 12.1. The summed E-state index contributed by atoms with van der Waals surface area (Å²) in [4.78, 5) is 2.53. The Morgan fingerprint density at radius 2 is 1.88 bits per heavy atom. The van der Waals surface area contributed by atoms with Gasteiger partial charge in [-0.05, 0) is 17.7 Å². The summed E-state index contributed by atoms with van der Waals surface area (Å²) < 4.78 is 5.12. The Hall–Kier alpha value is -0.900. The van der Waals surface area contributed by atoms with E-state index in [0.29, 0.717) is 6.61 Å². The largest absolute Gasteiger partial charge is 0.380 e. The predicted molar refractivity (Wildman–Crippen MR) is 69.9 cm³/mol. The zero-order valence-electron chi connectivity index (χ0n) is 10.8. The van der Waals surface area contributed by atoms with Gasteiger partial charge >= 0.3 is 0 Å². The first-order chi connectivity index (χ1) is 8.33. The van der Waals surface area contributed by atoms with Crippen LogP contribution in [0.2, 0.25) is 0 Å². The van der Waals surface area contributed by atoms with Crippen molar-refractivity contribution in [2.75, 3.05) is 26.7 Å². The molecule has 0 saturated carbocycles. The first kappa shape index (κ1) is 12.6. The fourth-order valence-corrected chi connectivity index (χ4v) is 2.17. The number of nitrogens with zero attached hydrogens (tertiary/aromatic N) is 1. The molecule has 94 valence electrons. The Labute approximate surface area is 104 Å². The SMILES string of the molecule is CCN(Cc1ccc(COC)cc1)C1CNC1. The number of rotatable bonds is 6. The average Bonchev–Trinajstić information content (AvgIpc) is 2.28. The molecule has 1 heterocycles. The van der Waals surface area contributed by atoms with Gasteiger partial charge in [0.2, 0.25) is 0 Å². The van der Waals surface area contributed by atoms with Crippen LogP contribution in [0, 0.1) is 0 Å². The Morgan fingerprint density at radius 1 is 1.24 bits per heavy atom. The van der Waals surface area contributed by atoms with Crippen LogP contribution in [-0.4, -0.2) is 37.7 Å². The molecular formula is C14H22N2O. The third kappa shape index (κ3) is 3.28. The van der Waals surface area contributed by atoms with Gasteiger partial charge in [0.25, 0.3) is 0 Å². The number of ether oxygens (including phenoxy) is 1. The van der Waals surface area contributed by atoms with Crippen LogP contribution in [-0.2, 0) is 17.9 Å². The maximum absolute atomic E-state index is 5.12. The lowest BCUT2D eigenvalue weighted by atomic mass is 10.1. The highest BCUT2D eigenvalue weighted by atomic mass is 16.5. The van der Waals surface area contributed by atoms with Gasteiger partial charge in [0.1, 0.15) is 0 Å². The first-order valence-corrected chi connectivity index (χ1v) is 6.35. The van der Waals surface area contributed by atoms with Crippen LogP contribution in [0.15, 0.2) is 24.3 Å². The number of hydrogen-bond acceptors (Lipinski definition) is 3. The lowest BCUT2D eigenvalue weighted by molar-refractivity contribution is 0.145. The number of methoxy groups -OCH3 is 1. The molecule has 1 aliphatic heterocycles. The summed E-state index contributed by atoms with van der Waals surface area (Å²) in [6.07, 6.45) is 0. The van der Waals surface area contributed by atoms with E-state index < -0.39 is 0 Å². The smallest absolute Gasteiger partial charge is 0.0713 e. The van der Waals surface area contributed by atoms with E-state index in [1.54, 1.807) is 7.11 Å². The molecule has 0 aliphatic carbocycles. The Bertz CT molecular complexity index is 333. The zero-order valence-corrected chi connectivity index (χ0v) is 10.8. The second kappa shape index (κ2) is 6.15. The molecular weight excluding hydrogens is 212 g/mol. The van der Waals surface area contributed by atoms with Crippen molar-refractivity contribution >= 4 is 0 Å². The van der Waals surface area contributed by atoms with Crippen molar-refractivity contribution in [3.8, 4) is 0 Å². The summed E-state index contributed by atoms with van der Waals surface area (Å²) >= 11 is 0. The molecule has 0 spiro atoms. The van der Waals surface area contributed by atoms with Crippen LogP contribution < -0.4 is 5.32 Å². The maximum Gasteiger partial charge on any atom is 0.0713 e. The van der Waals surface area contributed by atoms with Crippen molar-refractivity contribution in [3.05, 3.63) is 35.4 Å². The minimum atomic E-state index is 0.699. The monoisotopic (exact) mass is 234 g/mol. The normalized spacial score (nSPS) is 16.2. The van der Waals surface area contributed by atoms with Gasteiger partial charge in [-0.15, -0.1) is 0 Å². The summed E-state index contributed by atoms with van der Waals surface area (Å²) in [6, 6.07) is 9.46. The third-order valence-corrected chi connectivity index (χ3v) is 3.40. The van der Waals surface area contributed by atoms with Crippen molar-refractivity contribution in [2.24, 2.45) is 0 Å². The van der Waals surface area contributed by atoms with Gasteiger partial charge in [-0.1, -0.05) is 31.2 Å². The maximum atomic E-state index is 5.12. The third-order valence-electron chi connectivity index (χ3n) is 3.40. The molecule has 1 aromatic carbocycles. The fourth-order valence-electron chi connectivity index (χ4n) is 2.17. The molecule has 2 rings (SSSR count). The number of benzene rings is 1. The van der Waals surface area contributed by atoms with Crippen molar-refractivity contribution in [3.63, 3.8) is 0 Å². The predicted octanol–water partition coefficient (Wildman–Crippen LogP) is 1.63. The minimum Gasteiger partial charge on any atom is -0.380 e. The highest BCUT2D eigenvalue weighted by Crippen LogP contribution is 2.12. The van der Waals surface area contributed by atoms with E-state index in [1.165, 1.54) is 11.1 Å². The van der Waals surface area contributed by atoms with Crippen molar-refractivity contribution in [1.29, 1.82) is 0 Å². The van der Waals surface area contributed by atoms with E-state index in [0.717, 1.165) is 32.2 Å². The molecule has 0 aromatic heterocycles. The van der Waals surface area contributed by atoms with E-state index in [-0.39, 0.29) is 0 Å². The van der Waals surface area contributed by atoms with E-state index in [9.17, 15) is 0 Å². The van der Waals surface area contributed by atoms with Crippen molar-refractivity contribution < 1.29 is 4.74 Å². The Balaban J connectivity index is 1.92. The molecule has 1 N–H and O–H groups in total. The fraction of sp³-hybridized carbons (Fsp3) is 0.571. The molecule has 0 bridgehead atoms. The molecule has 0 amide bonds. The average molecular weight is 234 g/mol. The molecule has 0 radical (unpaired) electrons. The van der Waals surface area contributed by atoms with Gasteiger partial charge in [0.05, 0.1) is 6.61 Å². The number of nitrogens with one attached hydrogen (secondary N) is 1. The summed E-state index contributed by atoms with van der Waals surface area (Å²) in [6.45, 7) is 7.37. The molecule has 1 aromatic rings. The number of hydrogen-bond donors (Lipinski definition) is 1. The van der Waals surface area contributed by atoms with E-state index in [4.69, 9.17) is 4.74 Å². The van der Waals surface area contributed by atoms with Crippen LogP contribution in [0.1, 0.15) is 18.1 Å². The highest BCUT2D eigenvalue weighted by Gasteiger charge is 2.22. The van der Waals surface area contributed by atoms with Crippen LogP contribution in [0.3, 0.4) is 0 Å². The second-order valence-corrected chi connectivity index (χ2v) is 4.62. The Kier molecular flexibility index (Phi) is 4.54. The summed E-state index contributed by atoms with van der Waals surface area (Å²) in [5.74, 6) is 0. The van der Waals surface area contributed by atoms with Gasteiger partial charge in [-0.25, -0.2) is 0 Å². The molecule has 1 aliphatic rings. The molecule has 3 heteroatoms. The van der Waals surface area contributed by atoms with E-state index in [2.05, 4.69) is 41.4 Å². The summed E-state index contributed by atoms with van der Waals surface area (Å²) in [5, 5.41) is 3.33. The van der Waals surface area contributed by atoms with Crippen LogP contribution in [0.4, 0.5) is 0 Å². The van der Waals surface area contributed by atoms with E-state index >= 15 is 0 Å². The van der Waals surface area contributed by atoms with Gasteiger partial charge in [0, 0.05) is 32.8 Å². The van der Waals surface area contributed by atoms with Crippen molar-refractivity contribution in [2.45, 2.75) is 26.1 Å². The van der Waals surface area contributed by atoms with E-state index in [1.807, 2.05) is 0 Å². The molecule has 1 saturated heterocycles. The van der Waals surface area contributed by atoms with Gasteiger partial charge < -0.3 is 10.1 Å². The second-order valence-electron chi connectivity index (χ2n) is 4.62. The number of likely N-dealkylation sites (N-methyl/N-ethyl adjacent to an activating group) is 1. The summed E-state index contributed by atoms with van der Waals surface area (Å²) in [7, 11) is 1.73. The van der Waals surface area contributed by atoms with Crippen LogP contribution in [0.5, 0.6) is 0 Å². The van der Waals surface area contributed by atoms with Gasteiger partial charge in [-0.2, -0.15) is 0 Å².